The molecule has 1 aliphatic carbocycles. The summed E-state index contributed by atoms with van der Waals surface area (Å²) in [5.74, 6) is 0.881. The summed E-state index contributed by atoms with van der Waals surface area (Å²) in [6.07, 6.45) is 5.39. The third kappa shape index (κ3) is 5.94. The fourth-order valence-electron chi connectivity index (χ4n) is 3.07. The first-order valence-electron chi connectivity index (χ1n) is 7.87. The molecule has 1 saturated carbocycles. The van der Waals surface area contributed by atoms with Gasteiger partial charge in [-0.05, 0) is 43.9 Å². The summed E-state index contributed by atoms with van der Waals surface area (Å²) < 4.78 is 0. The molecular weight excluding hydrogens is 236 g/mol. The molecule has 0 aliphatic heterocycles. The number of carbonyl (C=O) groups excluding carboxylic acids is 1. The van der Waals surface area contributed by atoms with E-state index in [1.807, 2.05) is 0 Å². The van der Waals surface area contributed by atoms with Crippen LogP contribution in [0.25, 0.3) is 0 Å². The zero-order valence-electron chi connectivity index (χ0n) is 13.4. The van der Waals surface area contributed by atoms with Gasteiger partial charge in [0.1, 0.15) is 0 Å². The predicted octanol–water partition coefficient (Wildman–Crippen LogP) is 3.10. The lowest BCUT2D eigenvalue weighted by Gasteiger charge is -2.39. The van der Waals surface area contributed by atoms with Gasteiger partial charge in [-0.1, -0.05) is 27.7 Å². The minimum atomic E-state index is 0.172. The van der Waals surface area contributed by atoms with Gasteiger partial charge in [-0.25, -0.2) is 0 Å². The average molecular weight is 268 g/mol. The molecule has 3 nitrogen and oxygen atoms in total. The summed E-state index contributed by atoms with van der Waals surface area (Å²) in [6, 6.07) is 0.881. The van der Waals surface area contributed by atoms with Gasteiger partial charge in [-0.15, -0.1) is 0 Å². The number of hydrogen-bond donors (Lipinski definition) is 2. The van der Waals surface area contributed by atoms with Crippen molar-refractivity contribution >= 4 is 5.91 Å². The Balaban J connectivity index is 2.21. The molecule has 19 heavy (non-hydrogen) atoms. The summed E-state index contributed by atoms with van der Waals surface area (Å²) in [5.41, 5.74) is 0.492. The van der Waals surface area contributed by atoms with Crippen LogP contribution >= 0.6 is 0 Å². The summed E-state index contributed by atoms with van der Waals surface area (Å²) in [5, 5.41) is 6.58. The molecular formula is C16H32N2O. The quantitative estimate of drug-likeness (QED) is 0.777. The van der Waals surface area contributed by atoms with Gasteiger partial charge < -0.3 is 10.6 Å². The van der Waals surface area contributed by atoms with Crippen LogP contribution in [0, 0.1) is 11.3 Å². The maximum atomic E-state index is 11.7. The van der Waals surface area contributed by atoms with Crippen molar-refractivity contribution in [2.45, 2.75) is 78.8 Å². The number of hydrogen-bond acceptors (Lipinski definition) is 2. The van der Waals surface area contributed by atoms with Crippen LogP contribution in [-0.2, 0) is 4.79 Å². The first-order chi connectivity index (χ1) is 8.84. The lowest BCUT2D eigenvalue weighted by Crippen LogP contribution is -2.43. The number of carbonyl (C=O) groups is 1. The van der Waals surface area contributed by atoms with E-state index in [2.05, 4.69) is 45.3 Å². The molecule has 0 heterocycles. The molecule has 0 saturated heterocycles. The van der Waals surface area contributed by atoms with Crippen molar-refractivity contribution in [1.82, 2.24) is 10.6 Å². The molecule has 0 aromatic heterocycles. The molecule has 112 valence electrons. The van der Waals surface area contributed by atoms with E-state index < -0.39 is 0 Å². The highest BCUT2D eigenvalue weighted by atomic mass is 16.1. The van der Waals surface area contributed by atoms with Crippen LogP contribution in [0.1, 0.15) is 66.7 Å². The molecule has 1 rings (SSSR count). The highest BCUT2D eigenvalue weighted by Gasteiger charge is 2.31. The maximum absolute atomic E-state index is 11.7. The van der Waals surface area contributed by atoms with Crippen LogP contribution in [0.5, 0.6) is 0 Å². The van der Waals surface area contributed by atoms with Gasteiger partial charge in [-0.3, -0.25) is 4.79 Å². The molecule has 3 atom stereocenters. The fourth-order valence-corrected chi connectivity index (χ4v) is 3.07. The number of amides is 1. The maximum Gasteiger partial charge on any atom is 0.221 e. The molecule has 0 bridgehead atoms. The molecule has 3 heteroatoms. The predicted molar refractivity (Wildman–Crippen MR) is 81.1 cm³/mol. The van der Waals surface area contributed by atoms with Gasteiger partial charge in [0.25, 0.3) is 0 Å². The lowest BCUT2D eigenvalue weighted by molar-refractivity contribution is -0.121. The van der Waals surface area contributed by atoms with Gasteiger partial charge in [0.05, 0.1) is 0 Å². The smallest absolute Gasteiger partial charge is 0.221 e. The molecule has 0 radical (unpaired) electrons. The number of rotatable bonds is 6. The standard InChI is InChI=1S/C16H32N2O/c1-6-13(3)18-15(19)8-10-17-14-7-9-16(4,5)11-12(14)2/h12-14,17H,6-11H2,1-5H3,(H,18,19). The Labute approximate surface area is 118 Å². The van der Waals surface area contributed by atoms with Crippen molar-refractivity contribution in [2.75, 3.05) is 6.54 Å². The molecule has 1 amide bonds. The van der Waals surface area contributed by atoms with E-state index in [9.17, 15) is 4.79 Å². The fraction of sp³-hybridized carbons (Fsp3) is 0.938. The summed E-state index contributed by atoms with van der Waals surface area (Å²) >= 11 is 0. The van der Waals surface area contributed by atoms with Crippen molar-refractivity contribution in [1.29, 1.82) is 0 Å². The molecule has 0 aromatic carbocycles. The van der Waals surface area contributed by atoms with Gasteiger partial charge in [0, 0.05) is 25.0 Å². The zero-order chi connectivity index (χ0) is 14.5. The van der Waals surface area contributed by atoms with Gasteiger partial charge >= 0.3 is 0 Å². The molecule has 3 unspecified atom stereocenters. The first-order valence-corrected chi connectivity index (χ1v) is 7.87. The van der Waals surface area contributed by atoms with Crippen molar-refractivity contribution in [3.05, 3.63) is 0 Å². The monoisotopic (exact) mass is 268 g/mol. The van der Waals surface area contributed by atoms with E-state index in [1.54, 1.807) is 0 Å². The Morgan fingerprint density at radius 3 is 2.68 bits per heavy atom. The van der Waals surface area contributed by atoms with Crippen molar-refractivity contribution in [3.63, 3.8) is 0 Å². The zero-order valence-corrected chi connectivity index (χ0v) is 13.4. The van der Waals surface area contributed by atoms with Gasteiger partial charge in [0.2, 0.25) is 5.91 Å². The Morgan fingerprint density at radius 2 is 2.11 bits per heavy atom. The normalized spacial score (nSPS) is 27.8. The van der Waals surface area contributed by atoms with E-state index in [4.69, 9.17) is 0 Å². The molecule has 0 spiro atoms. The van der Waals surface area contributed by atoms with Crippen LogP contribution in [0.3, 0.4) is 0 Å². The van der Waals surface area contributed by atoms with E-state index in [0.717, 1.165) is 13.0 Å². The average Bonchev–Trinajstić information content (AvgIpc) is 2.31. The highest BCUT2D eigenvalue weighted by molar-refractivity contribution is 5.76. The Hall–Kier alpha value is -0.570. The summed E-state index contributed by atoms with van der Waals surface area (Å²) in [4.78, 5) is 11.7. The second-order valence-corrected chi connectivity index (χ2v) is 7.07. The minimum absolute atomic E-state index is 0.172. The van der Waals surface area contributed by atoms with Crippen molar-refractivity contribution < 1.29 is 4.79 Å². The van der Waals surface area contributed by atoms with E-state index in [-0.39, 0.29) is 5.91 Å². The topological polar surface area (TPSA) is 41.1 Å². The van der Waals surface area contributed by atoms with Crippen LogP contribution in [0.2, 0.25) is 0 Å². The van der Waals surface area contributed by atoms with Gasteiger partial charge in [-0.2, -0.15) is 0 Å². The van der Waals surface area contributed by atoms with Crippen LogP contribution in [0.15, 0.2) is 0 Å². The number of nitrogens with one attached hydrogen (secondary N) is 2. The highest BCUT2D eigenvalue weighted by Crippen LogP contribution is 2.38. The molecule has 0 aromatic rings. The molecule has 2 N–H and O–H groups in total. The second-order valence-electron chi connectivity index (χ2n) is 7.07. The Kier molecular flexibility index (Phi) is 6.31. The molecule has 1 aliphatic rings. The summed E-state index contributed by atoms with van der Waals surface area (Å²) in [7, 11) is 0. The van der Waals surface area contributed by atoms with E-state index >= 15 is 0 Å². The van der Waals surface area contributed by atoms with Crippen LogP contribution in [-0.4, -0.2) is 24.5 Å². The van der Waals surface area contributed by atoms with Crippen molar-refractivity contribution in [3.8, 4) is 0 Å². The lowest BCUT2D eigenvalue weighted by atomic mass is 9.70. The van der Waals surface area contributed by atoms with Gasteiger partial charge in [0.15, 0.2) is 0 Å². The van der Waals surface area contributed by atoms with E-state index in [1.165, 1.54) is 19.3 Å². The first kappa shape index (κ1) is 16.5. The minimum Gasteiger partial charge on any atom is -0.354 e. The Bertz CT molecular complexity index is 288. The van der Waals surface area contributed by atoms with Crippen molar-refractivity contribution in [2.24, 2.45) is 11.3 Å². The third-order valence-corrected chi connectivity index (χ3v) is 4.47. The third-order valence-electron chi connectivity index (χ3n) is 4.47. The SMILES string of the molecule is CCC(C)NC(=O)CCNC1CCC(C)(C)CC1C. The summed E-state index contributed by atoms with van der Waals surface area (Å²) in [6.45, 7) is 12.0. The molecule has 1 fully saturated rings. The Morgan fingerprint density at radius 1 is 1.42 bits per heavy atom. The van der Waals surface area contributed by atoms with E-state index in [0.29, 0.717) is 29.8 Å². The second kappa shape index (κ2) is 7.28. The van der Waals surface area contributed by atoms with Crippen LogP contribution < -0.4 is 10.6 Å². The van der Waals surface area contributed by atoms with Crippen LogP contribution in [0.4, 0.5) is 0 Å². The largest absolute Gasteiger partial charge is 0.354 e.